The highest BCUT2D eigenvalue weighted by Crippen LogP contribution is 2.27. The molecule has 0 amide bonds. The molecular formula is C19H27N3O2. The number of rotatable bonds is 9. The van der Waals surface area contributed by atoms with Crippen molar-refractivity contribution in [1.82, 2.24) is 10.2 Å². The predicted molar refractivity (Wildman–Crippen MR) is 99.6 cm³/mol. The Hall–Kier alpha value is -2.61. The first-order chi connectivity index (χ1) is 11.7. The van der Waals surface area contributed by atoms with Crippen LogP contribution in [0.5, 0.6) is 11.5 Å². The van der Waals surface area contributed by atoms with Crippen LogP contribution < -0.4 is 14.8 Å². The average Bonchev–Trinajstić information content (AvgIpc) is 2.60. The zero-order chi connectivity index (χ0) is 17.8. The van der Waals surface area contributed by atoms with Gasteiger partial charge in [0.2, 0.25) is 0 Å². The van der Waals surface area contributed by atoms with Crippen LogP contribution in [0.3, 0.4) is 0 Å². The molecule has 0 unspecified atom stereocenters. The Morgan fingerprint density at radius 1 is 1.46 bits per heavy atom. The Morgan fingerprint density at radius 3 is 2.88 bits per heavy atom. The van der Waals surface area contributed by atoms with Crippen LogP contribution in [-0.4, -0.2) is 45.2 Å². The van der Waals surface area contributed by atoms with Gasteiger partial charge in [0.05, 0.1) is 7.11 Å². The molecule has 5 nitrogen and oxygen atoms in total. The Kier molecular flexibility index (Phi) is 8.91. The van der Waals surface area contributed by atoms with E-state index in [1.165, 1.54) is 0 Å². The summed E-state index contributed by atoms with van der Waals surface area (Å²) in [5.74, 6) is 4.62. The van der Waals surface area contributed by atoms with E-state index >= 15 is 0 Å². The molecule has 1 aromatic rings. The molecule has 0 heterocycles. The lowest BCUT2D eigenvalue weighted by atomic mass is 10.2. The second kappa shape index (κ2) is 11.0. The lowest BCUT2D eigenvalue weighted by Crippen LogP contribution is -2.38. The van der Waals surface area contributed by atoms with Crippen molar-refractivity contribution < 1.29 is 9.47 Å². The molecule has 0 radical (unpaired) electrons. The molecule has 0 aliphatic heterocycles. The van der Waals surface area contributed by atoms with Gasteiger partial charge in [0.15, 0.2) is 17.5 Å². The summed E-state index contributed by atoms with van der Waals surface area (Å²) in [4.78, 5) is 6.41. The van der Waals surface area contributed by atoms with Gasteiger partial charge in [-0.3, -0.25) is 4.99 Å². The van der Waals surface area contributed by atoms with Crippen LogP contribution in [0.4, 0.5) is 0 Å². The zero-order valence-electron chi connectivity index (χ0n) is 14.8. The molecule has 0 fully saturated rings. The van der Waals surface area contributed by atoms with Gasteiger partial charge in [0.1, 0.15) is 6.61 Å². The summed E-state index contributed by atoms with van der Waals surface area (Å²) in [6.45, 7) is 5.51. The Morgan fingerprint density at radius 2 is 2.25 bits per heavy atom. The fourth-order valence-corrected chi connectivity index (χ4v) is 2.21. The highest BCUT2D eigenvalue weighted by molar-refractivity contribution is 5.79. The maximum atomic E-state index is 5.52. The van der Waals surface area contributed by atoms with E-state index in [9.17, 15) is 0 Å². The fourth-order valence-electron chi connectivity index (χ4n) is 2.21. The second-order valence-corrected chi connectivity index (χ2v) is 5.23. The van der Waals surface area contributed by atoms with Crippen LogP contribution in [0.2, 0.25) is 0 Å². The predicted octanol–water partition coefficient (Wildman–Crippen LogP) is 2.68. The fraction of sp³-hybridized carbons (Fsp3) is 0.421. The molecule has 1 aromatic carbocycles. The number of aliphatic imine (C=N–C) groups is 1. The summed E-state index contributed by atoms with van der Waals surface area (Å²) in [5, 5.41) is 3.35. The van der Waals surface area contributed by atoms with E-state index in [1.54, 1.807) is 14.2 Å². The molecule has 0 aliphatic rings. The van der Waals surface area contributed by atoms with Crippen LogP contribution in [-0.2, 0) is 6.54 Å². The van der Waals surface area contributed by atoms with Crippen molar-refractivity contribution in [2.45, 2.75) is 19.4 Å². The minimum Gasteiger partial charge on any atom is -0.493 e. The van der Waals surface area contributed by atoms with Gasteiger partial charge in [0.25, 0.3) is 0 Å². The summed E-state index contributed by atoms with van der Waals surface area (Å²) < 4.78 is 10.8. The molecule has 1 rings (SSSR count). The molecule has 0 saturated heterocycles. The molecule has 24 heavy (non-hydrogen) atoms. The van der Waals surface area contributed by atoms with Crippen molar-refractivity contribution in [2.75, 3.05) is 34.4 Å². The number of nitrogens with zero attached hydrogens (tertiary/aromatic N) is 2. The topological polar surface area (TPSA) is 46.1 Å². The van der Waals surface area contributed by atoms with Crippen molar-refractivity contribution in [3.05, 3.63) is 36.4 Å². The molecule has 1 N–H and O–H groups in total. The minimum absolute atomic E-state index is 0.209. The number of terminal acetylenes is 1. The van der Waals surface area contributed by atoms with E-state index in [2.05, 4.69) is 27.7 Å². The van der Waals surface area contributed by atoms with Crippen molar-refractivity contribution in [2.24, 2.45) is 4.99 Å². The lowest BCUT2D eigenvalue weighted by molar-refractivity contribution is 0.330. The summed E-state index contributed by atoms with van der Waals surface area (Å²) >= 11 is 0. The van der Waals surface area contributed by atoms with Crippen LogP contribution in [0.15, 0.2) is 35.8 Å². The number of hydrogen-bond acceptors (Lipinski definition) is 3. The third kappa shape index (κ3) is 6.25. The molecule has 5 heteroatoms. The van der Waals surface area contributed by atoms with Crippen LogP contribution in [0.25, 0.3) is 0 Å². The van der Waals surface area contributed by atoms with E-state index in [-0.39, 0.29) is 6.61 Å². The van der Waals surface area contributed by atoms with Gasteiger partial charge in [-0.05, 0) is 30.5 Å². The highest BCUT2D eigenvalue weighted by atomic mass is 16.5. The van der Waals surface area contributed by atoms with Crippen molar-refractivity contribution in [3.63, 3.8) is 0 Å². The first kappa shape index (κ1) is 19.4. The normalized spacial score (nSPS) is 10.7. The number of hydrogen-bond donors (Lipinski definition) is 1. The quantitative estimate of drug-likeness (QED) is 0.249. The number of methoxy groups -OCH3 is 1. The maximum absolute atomic E-state index is 5.52. The van der Waals surface area contributed by atoms with Gasteiger partial charge in [-0.25, -0.2) is 0 Å². The molecular weight excluding hydrogens is 302 g/mol. The third-order valence-corrected chi connectivity index (χ3v) is 3.46. The number of unbranched alkanes of at least 4 members (excludes halogenated alkanes) is 1. The first-order valence-corrected chi connectivity index (χ1v) is 7.92. The van der Waals surface area contributed by atoms with Gasteiger partial charge < -0.3 is 19.7 Å². The maximum Gasteiger partial charge on any atom is 0.193 e. The van der Waals surface area contributed by atoms with Crippen LogP contribution in [0, 0.1) is 12.3 Å². The van der Waals surface area contributed by atoms with Gasteiger partial charge in [-0.1, -0.05) is 18.1 Å². The third-order valence-electron chi connectivity index (χ3n) is 3.46. The largest absolute Gasteiger partial charge is 0.493 e. The summed E-state index contributed by atoms with van der Waals surface area (Å²) in [6.07, 6.45) is 9.22. The first-order valence-electron chi connectivity index (χ1n) is 7.92. The standard InChI is InChI=1S/C19H27N3O2/c1-6-8-9-12-22(4)19(20-3)21-15-16-10-11-17(23-5)18(14-16)24-13-7-2/h2,6,10-11,14H,1,8-9,12-13,15H2,3-5H3,(H,20,21). The van der Waals surface area contributed by atoms with Crippen molar-refractivity contribution in [3.8, 4) is 23.8 Å². The number of guanidine groups is 1. The number of benzene rings is 1. The molecule has 0 aromatic heterocycles. The molecule has 130 valence electrons. The minimum atomic E-state index is 0.209. The smallest absolute Gasteiger partial charge is 0.193 e. The Bertz CT molecular complexity index is 591. The molecule has 0 saturated carbocycles. The Labute approximate surface area is 145 Å². The lowest BCUT2D eigenvalue weighted by Gasteiger charge is -2.22. The van der Waals surface area contributed by atoms with Gasteiger partial charge in [0, 0.05) is 27.2 Å². The van der Waals surface area contributed by atoms with Gasteiger partial charge >= 0.3 is 0 Å². The van der Waals surface area contributed by atoms with Crippen molar-refractivity contribution in [1.29, 1.82) is 0 Å². The molecule has 0 bridgehead atoms. The summed E-state index contributed by atoms with van der Waals surface area (Å²) in [6, 6.07) is 5.78. The number of allylic oxidation sites excluding steroid dienone is 1. The van der Waals surface area contributed by atoms with E-state index in [0.29, 0.717) is 18.0 Å². The monoisotopic (exact) mass is 329 g/mol. The molecule has 0 aliphatic carbocycles. The van der Waals surface area contributed by atoms with E-state index in [1.807, 2.05) is 31.3 Å². The van der Waals surface area contributed by atoms with Crippen LogP contribution >= 0.6 is 0 Å². The van der Waals surface area contributed by atoms with Crippen LogP contribution in [0.1, 0.15) is 18.4 Å². The summed E-state index contributed by atoms with van der Waals surface area (Å²) in [5.41, 5.74) is 1.06. The highest BCUT2D eigenvalue weighted by Gasteiger charge is 2.08. The molecule has 0 spiro atoms. The number of nitrogens with one attached hydrogen (secondary N) is 1. The van der Waals surface area contributed by atoms with E-state index in [0.717, 1.165) is 30.9 Å². The molecule has 0 atom stereocenters. The van der Waals surface area contributed by atoms with E-state index in [4.69, 9.17) is 15.9 Å². The van der Waals surface area contributed by atoms with Gasteiger partial charge in [-0.2, -0.15) is 0 Å². The number of ether oxygens (including phenoxy) is 2. The van der Waals surface area contributed by atoms with Gasteiger partial charge in [-0.15, -0.1) is 13.0 Å². The van der Waals surface area contributed by atoms with E-state index < -0.39 is 0 Å². The second-order valence-electron chi connectivity index (χ2n) is 5.23. The Balaban J connectivity index is 2.67. The van der Waals surface area contributed by atoms with Crippen molar-refractivity contribution >= 4 is 5.96 Å². The SMILES string of the molecule is C#CCOc1cc(CNC(=NC)N(C)CCCC=C)ccc1OC. The zero-order valence-corrected chi connectivity index (χ0v) is 14.8. The average molecular weight is 329 g/mol. The summed E-state index contributed by atoms with van der Waals surface area (Å²) in [7, 11) is 5.41.